The number of anilines is 2. The third kappa shape index (κ3) is 7.43. The van der Waals surface area contributed by atoms with Gasteiger partial charge in [-0.15, -0.1) is 0 Å². The summed E-state index contributed by atoms with van der Waals surface area (Å²) in [5.41, 5.74) is 2.16. The predicted octanol–water partition coefficient (Wildman–Crippen LogP) is 4.83. The standard InChI is InChI=1S/C33H43N7O5S/c1-33(2,3)22-17-24(31(44-7)25(18-22)37-46(8,42)43)35-32(41)26-16-21-10-9-11-27(30(21)39(26)6)45-29-12-14-34-28(36-29)20-40-15-13-23(19-40)38(4)5/h9-12,14,16-18,23,37H,13,15,19-20H2,1-8H3,(H,35,41). The number of amides is 1. The Hall–Kier alpha value is -4.20. The fourth-order valence-electron chi connectivity index (χ4n) is 5.72. The summed E-state index contributed by atoms with van der Waals surface area (Å²) >= 11 is 0. The molecular formula is C33H43N7O5S. The largest absolute Gasteiger partial charge is 0.492 e. The molecule has 5 rings (SSSR count). The highest BCUT2D eigenvalue weighted by Gasteiger charge is 2.26. The lowest BCUT2D eigenvalue weighted by Gasteiger charge is -2.24. The van der Waals surface area contributed by atoms with E-state index in [1.54, 1.807) is 42.1 Å². The van der Waals surface area contributed by atoms with Gasteiger partial charge in [-0.25, -0.2) is 13.4 Å². The first-order valence-corrected chi connectivity index (χ1v) is 17.0. The Morgan fingerprint density at radius 3 is 2.52 bits per heavy atom. The molecule has 0 spiro atoms. The second-order valence-electron chi connectivity index (χ2n) is 13.0. The topological polar surface area (TPSA) is 131 Å². The maximum absolute atomic E-state index is 13.8. The molecule has 1 unspecified atom stereocenters. The Morgan fingerprint density at radius 2 is 1.87 bits per heavy atom. The van der Waals surface area contributed by atoms with Gasteiger partial charge in [0.1, 0.15) is 11.5 Å². The number of carbonyl (C=O) groups is 1. The van der Waals surface area contributed by atoms with Gasteiger partial charge >= 0.3 is 0 Å². The van der Waals surface area contributed by atoms with Crippen LogP contribution in [0.15, 0.2) is 48.7 Å². The van der Waals surface area contributed by atoms with E-state index >= 15 is 0 Å². The van der Waals surface area contributed by atoms with Crippen molar-refractivity contribution in [2.75, 3.05) is 50.6 Å². The summed E-state index contributed by atoms with van der Waals surface area (Å²) in [4.78, 5) is 27.5. The fourth-order valence-corrected chi connectivity index (χ4v) is 6.27. The Kier molecular flexibility index (Phi) is 9.30. The first-order chi connectivity index (χ1) is 21.6. The van der Waals surface area contributed by atoms with Crippen LogP contribution in [0.1, 0.15) is 49.1 Å². The molecule has 1 aliphatic heterocycles. The highest BCUT2D eigenvalue weighted by molar-refractivity contribution is 7.92. The summed E-state index contributed by atoms with van der Waals surface area (Å²) in [5, 5.41) is 3.76. The van der Waals surface area contributed by atoms with E-state index in [0.717, 1.165) is 42.2 Å². The van der Waals surface area contributed by atoms with Crippen molar-refractivity contribution in [2.24, 2.45) is 7.05 Å². The Labute approximate surface area is 270 Å². The van der Waals surface area contributed by atoms with E-state index < -0.39 is 15.9 Å². The Morgan fingerprint density at radius 1 is 1.13 bits per heavy atom. The number of sulfonamides is 1. The Bertz CT molecular complexity index is 1860. The monoisotopic (exact) mass is 649 g/mol. The van der Waals surface area contributed by atoms with Gasteiger partial charge in [0.25, 0.3) is 5.91 Å². The van der Waals surface area contributed by atoms with Crippen LogP contribution in [-0.2, 0) is 29.0 Å². The molecule has 2 aromatic carbocycles. The van der Waals surface area contributed by atoms with E-state index in [1.807, 2.05) is 39.0 Å². The third-order valence-electron chi connectivity index (χ3n) is 8.19. The number of carbonyl (C=O) groups excluding carboxylic acids is 1. The molecule has 4 aromatic rings. The maximum atomic E-state index is 13.8. The van der Waals surface area contributed by atoms with Crippen molar-refractivity contribution in [3.05, 3.63) is 65.7 Å². The third-order valence-corrected chi connectivity index (χ3v) is 8.78. The Balaban J connectivity index is 1.42. The van der Waals surface area contributed by atoms with Gasteiger partial charge in [-0.1, -0.05) is 32.9 Å². The number of nitrogens with one attached hydrogen (secondary N) is 2. The van der Waals surface area contributed by atoms with Crippen molar-refractivity contribution in [2.45, 2.75) is 45.2 Å². The van der Waals surface area contributed by atoms with E-state index in [1.165, 1.54) is 7.11 Å². The molecule has 1 amide bonds. The fraction of sp³-hybridized carbons (Fsp3) is 0.424. The van der Waals surface area contributed by atoms with Gasteiger partial charge in [-0.3, -0.25) is 14.4 Å². The molecule has 13 heteroatoms. The molecule has 1 aliphatic rings. The van der Waals surface area contributed by atoms with Gasteiger partial charge in [0.05, 0.1) is 36.8 Å². The predicted molar refractivity (Wildman–Crippen MR) is 181 cm³/mol. The second kappa shape index (κ2) is 12.9. The second-order valence-corrected chi connectivity index (χ2v) is 14.8. The number of methoxy groups -OCH3 is 1. The number of fused-ring (bicyclic) bond motifs is 1. The van der Waals surface area contributed by atoms with Gasteiger partial charge in [0.15, 0.2) is 11.5 Å². The number of para-hydroxylation sites is 1. The van der Waals surface area contributed by atoms with E-state index in [2.05, 4.69) is 43.9 Å². The number of ether oxygens (including phenoxy) is 2. The molecule has 1 saturated heterocycles. The van der Waals surface area contributed by atoms with Crippen LogP contribution in [-0.4, -0.2) is 85.3 Å². The minimum Gasteiger partial charge on any atom is -0.492 e. The highest BCUT2D eigenvalue weighted by atomic mass is 32.2. The molecular weight excluding hydrogens is 606 g/mol. The van der Waals surface area contributed by atoms with Crippen molar-refractivity contribution in [1.82, 2.24) is 24.3 Å². The minimum absolute atomic E-state index is 0.209. The molecule has 1 fully saturated rings. The summed E-state index contributed by atoms with van der Waals surface area (Å²) < 4.78 is 40.4. The number of hydrogen-bond acceptors (Lipinski definition) is 9. The summed E-state index contributed by atoms with van der Waals surface area (Å²) in [6.07, 6.45) is 3.88. The van der Waals surface area contributed by atoms with E-state index in [0.29, 0.717) is 41.4 Å². The van der Waals surface area contributed by atoms with E-state index in [9.17, 15) is 13.2 Å². The van der Waals surface area contributed by atoms with E-state index in [-0.39, 0.29) is 16.9 Å². The van der Waals surface area contributed by atoms with Crippen molar-refractivity contribution in [3.63, 3.8) is 0 Å². The van der Waals surface area contributed by atoms with Gasteiger partial charge < -0.3 is 24.3 Å². The highest BCUT2D eigenvalue weighted by Crippen LogP contribution is 2.40. The van der Waals surface area contributed by atoms with Crippen LogP contribution >= 0.6 is 0 Å². The van der Waals surface area contributed by atoms with Gasteiger partial charge in [-0.2, -0.15) is 4.98 Å². The first-order valence-electron chi connectivity index (χ1n) is 15.1. The van der Waals surface area contributed by atoms with Crippen LogP contribution in [0, 0.1) is 0 Å². The van der Waals surface area contributed by atoms with Crippen LogP contribution < -0.4 is 19.5 Å². The lowest BCUT2D eigenvalue weighted by molar-refractivity contribution is 0.101. The number of benzene rings is 2. The summed E-state index contributed by atoms with van der Waals surface area (Å²) in [6, 6.07) is 13.2. The number of likely N-dealkylation sites (N-methyl/N-ethyl adjacent to an activating group) is 1. The van der Waals surface area contributed by atoms with Crippen molar-refractivity contribution >= 4 is 38.2 Å². The lowest BCUT2D eigenvalue weighted by atomic mass is 9.86. The van der Waals surface area contributed by atoms with Crippen molar-refractivity contribution < 1.29 is 22.7 Å². The van der Waals surface area contributed by atoms with Crippen LogP contribution in [0.5, 0.6) is 17.4 Å². The number of rotatable bonds is 10. The number of likely N-dealkylation sites (tertiary alicyclic amines) is 1. The van der Waals surface area contributed by atoms with Crippen molar-refractivity contribution in [1.29, 1.82) is 0 Å². The lowest BCUT2D eigenvalue weighted by Crippen LogP contribution is -2.31. The molecule has 0 bridgehead atoms. The van der Waals surface area contributed by atoms with Crippen LogP contribution in [0.4, 0.5) is 11.4 Å². The first kappa shape index (κ1) is 33.2. The minimum atomic E-state index is -3.61. The van der Waals surface area contributed by atoms with Gasteiger partial charge in [-0.05, 0) is 55.8 Å². The molecule has 12 nitrogen and oxygen atoms in total. The molecule has 0 radical (unpaired) electrons. The van der Waals surface area contributed by atoms with Crippen molar-refractivity contribution in [3.8, 4) is 17.4 Å². The quantitative estimate of drug-likeness (QED) is 0.248. The normalized spacial score (nSPS) is 15.8. The molecule has 0 aliphatic carbocycles. The van der Waals surface area contributed by atoms with Gasteiger partial charge in [0.2, 0.25) is 15.9 Å². The zero-order valence-electron chi connectivity index (χ0n) is 27.7. The number of aryl methyl sites for hydroxylation is 1. The van der Waals surface area contributed by atoms with Crippen LogP contribution in [0.3, 0.4) is 0 Å². The molecule has 1 atom stereocenters. The van der Waals surface area contributed by atoms with Crippen LogP contribution in [0.2, 0.25) is 0 Å². The summed E-state index contributed by atoms with van der Waals surface area (Å²) in [7, 11) is 3.83. The number of aromatic nitrogens is 3. The number of hydrogen-bond donors (Lipinski definition) is 2. The average molecular weight is 650 g/mol. The summed E-state index contributed by atoms with van der Waals surface area (Å²) in [6.45, 7) is 8.61. The number of nitrogens with zero attached hydrogens (tertiary/aromatic N) is 5. The zero-order chi connectivity index (χ0) is 33.4. The summed E-state index contributed by atoms with van der Waals surface area (Å²) in [5.74, 6) is 1.46. The maximum Gasteiger partial charge on any atom is 0.272 e. The molecule has 46 heavy (non-hydrogen) atoms. The van der Waals surface area contributed by atoms with Crippen LogP contribution in [0.25, 0.3) is 10.9 Å². The zero-order valence-corrected chi connectivity index (χ0v) is 28.5. The molecule has 246 valence electrons. The molecule has 2 N–H and O–H groups in total. The average Bonchev–Trinajstić information content (AvgIpc) is 3.57. The van der Waals surface area contributed by atoms with E-state index in [4.69, 9.17) is 9.47 Å². The molecule has 2 aromatic heterocycles. The van der Waals surface area contributed by atoms with Gasteiger partial charge in [0, 0.05) is 43.8 Å². The SMILES string of the molecule is COc1c(NC(=O)c2cc3cccc(Oc4ccnc(CN5CCC(N(C)C)C5)n4)c3n2C)cc(C(C)(C)C)cc1NS(C)(=O)=O. The molecule has 3 heterocycles. The molecule has 0 saturated carbocycles. The smallest absolute Gasteiger partial charge is 0.272 e.